The topological polar surface area (TPSA) is 85.8 Å². The molecule has 8 heteroatoms. The van der Waals surface area contributed by atoms with E-state index in [1.165, 1.54) is 0 Å². The van der Waals surface area contributed by atoms with Crippen molar-refractivity contribution in [3.8, 4) is 11.4 Å². The molecule has 130 valence electrons. The number of benzene rings is 1. The van der Waals surface area contributed by atoms with Crippen LogP contribution in [0.5, 0.6) is 0 Å². The number of aryl methyl sites for hydroxylation is 2. The smallest absolute Gasteiger partial charge is 0.244 e. The average molecular weight is 339 g/mol. The first-order valence-electron chi connectivity index (χ1n) is 8.67. The van der Waals surface area contributed by atoms with Gasteiger partial charge in [-0.1, -0.05) is 35.5 Å². The number of hydrogen-bond acceptors (Lipinski definition) is 7. The van der Waals surface area contributed by atoms with E-state index in [1.807, 2.05) is 41.9 Å². The Hall–Kier alpha value is -2.61. The van der Waals surface area contributed by atoms with E-state index in [4.69, 9.17) is 4.52 Å². The van der Waals surface area contributed by atoms with Gasteiger partial charge in [-0.05, 0) is 43.2 Å². The number of aromatic nitrogens is 6. The summed E-state index contributed by atoms with van der Waals surface area (Å²) in [6.07, 6.45) is 3.19. The standard InChI is InChI=1S/C17H21N7O/c1-13-19-21-22-24(13)12-6-11-23-10-5-9-15(23)17-18-16(20-25-17)14-7-3-2-4-8-14/h2-4,7-8,15H,5-6,9-12H2,1H3/t15-/m0/s1. The van der Waals surface area contributed by atoms with Crippen molar-refractivity contribution >= 4 is 0 Å². The predicted molar refractivity (Wildman–Crippen MR) is 90.5 cm³/mol. The Bertz CT molecular complexity index is 813. The van der Waals surface area contributed by atoms with Crippen molar-refractivity contribution in [2.24, 2.45) is 0 Å². The molecule has 3 heterocycles. The zero-order valence-electron chi connectivity index (χ0n) is 14.2. The van der Waals surface area contributed by atoms with Crippen molar-refractivity contribution in [2.75, 3.05) is 13.1 Å². The van der Waals surface area contributed by atoms with Gasteiger partial charge in [0.05, 0.1) is 6.04 Å². The SMILES string of the molecule is Cc1nnnn1CCCN1CCC[C@H]1c1nc(-c2ccccc2)no1. The monoisotopic (exact) mass is 339 g/mol. The maximum Gasteiger partial charge on any atom is 0.244 e. The minimum Gasteiger partial charge on any atom is -0.337 e. The molecule has 1 saturated heterocycles. The van der Waals surface area contributed by atoms with Crippen LogP contribution in [0.15, 0.2) is 34.9 Å². The largest absolute Gasteiger partial charge is 0.337 e. The molecule has 0 unspecified atom stereocenters. The molecular formula is C17H21N7O. The number of nitrogens with zero attached hydrogens (tertiary/aromatic N) is 7. The molecule has 0 aliphatic carbocycles. The molecule has 0 spiro atoms. The molecule has 1 aromatic carbocycles. The van der Waals surface area contributed by atoms with E-state index in [0.29, 0.717) is 5.82 Å². The maximum atomic E-state index is 5.56. The van der Waals surface area contributed by atoms with E-state index in [9.17, 15) is 0 Å². The van der Waals surface area contributed by atoms with Gasteiger partial charge in [-0.3, -0.25) is 4.90 Å². The maximum absolute atomic E-state index is 5.56. The predicted octanol–water partition coefficient (Wildman–Crippen LogP) is 2.26. The molecule has 0 saturated carbocycles. The van der Waals surface area contributed by atoms with Crippen molar-refractivity contribution in [3.05, 3.63) is 42.0 Å². The van der Waals surface area contributed by atoms with Crippen LogP contribution in [0.1, 0.15) is 37.0 Å². The minimum absolute atomic E-state index is 0.208. The fourth-order valence-electron chi connectivity index (χ4n) is 3.33. The van der Waals surface area contributed by atoms with Crippen molar-refractivity contribution in [2.45, 2.75) is 38.8 Å². The second-order valence-corrected chi connectivity index (χ2v) is 6.32. The van der Waals surface area contributed by atoms with Crippen LogP contribution < -0.4 is 0 Å². The molecule has 0 amide bonds. The lowest BCUT2D eigenvalue weighted by Crippen LogP contribution is -2.25. The Morgan fingerprint density at radius 1 is 1.20 bits per heavy atom. The van der Waals surface area contributed by atoms with Crippen LogP contribution in [0.3, 0.4) is 0 Å². The van der Waals surface area contributed by atoms with Crippen LogP contribution in [-0.4, -0.2) is 48.3 Å². The van der Waals surface area contributed by atoms with E-state index in [1.54, 1.807) is 0 Å². The van der Waals surface area contributed by atoms with Crippen molar-refractivity contribution in [3.63, 3.8) is 0 Å². The summed E-state index contributed by atoms with van der Waals surface area (Å²) in [5.74, 6) is 2.23. The average Bonchev–Trinajstić information content (AvgIpc) is 3.37. The zero-order valence-corrected chi connectivity index (χ0v) is 14.2. The summed E-state index contributed by atoms with van der Waals surface area (Å²) in [4.78, 5) is 7.05. The Morgan fingerprint density at radius 3 is 2.88 bits per heavy atom. The second kappa shape index (κ2) is 7.10. The van der Waals surface area contributed by atoms with Crippen LogP contribution in [0.25, 0.3) is 11.4 Å². The van der Waals surface area contributed by atoms with Gasteiger partial charge in [0.15, 0.2) is 0 Å². The molecule has 4 rings (SSSR count). The molecule has 1 aliphatic heterocycles. The number of likely N-dealkylation sites (tertiary alicyclic amines) is 1. The molecule has 0 N–H and O–H groups in total. The first-order chi connectivity index (χ1) is 12.3. The third-order valence-electron chi connectivity index (χ3n) is 4.65. The second-order valence-electron chi connectivity index (χ2n) is 6.32. The van der Waals surface area contributed by atoms with Gasteiger partial charge in [0.1, 0.15) is 5.82 Å². The zero-order chi connectivity index (χ0) is 17.1. The van der Waals surface area contributed by atoms with Crippen LogP contribution in [-0.2, 0) is 6.54 Å². The van der Waals surface area contributed by atoms with Crippen LogP contribution in [0.2, 0.25) is 0 Å². The van der Waals surface area contributed by atoms with E-state index in [-0.39, 0.29) is 6.04 Å². The quantitative estimate of drug-likeness (QED) is 0.681. The molecule has 8 nitrogen and oxygen atoms in total. The molecule has 25 heavy (non-hydrogen) atoms. The first-order valence-corrected chi connectivity index (χ1v) is 8.67. The summed E-state index contributed by atoms with van der Waals surface area (Å²) in [5, 5.41) is 15.7. The minimum atomic E-state index is 0.208. The summed E-state index contributed by atoms with van der Waals surface area (Å²) in [5.41, 5.74) is 0.983. The Balaban J connectivity index is 1.40. The number of hydrogen-bond donors (Lipinski definition) is 0. The highest BCUT2D eigenvalue weighted by molar-refractivity contribution is 5.53. The molecule has 1 fully saturated rings. The fourth-order valence-corrected chi connectivity index (χ4v) is 3.33. The summed E-state index contributed by atoms with van der Waals surface area (Å²) in [6, 6.07) is 10.1. The Morgan fingerprint density at radius 2 is 2.08 bits per heavy atom. The van der Waals surface area contributed by atoms with Gasteiger partial charge >= 0.3 is 0 Å². The molecule has 0 radical (unpaired) electrons. The van der Waals surface area contributed by atoms with Crippen LogP contribution in [0.4, 0.5) is 0 Å². The highest BCUT2D eigenvalue weighted by Crippen LogP contribution is 2.32. The normalized spacial score (nSPS) is 18.0. The van der Waals surface area contributed by atoms with Crippen LogP contribution >= 0.6 is 0 Å². The van der Waals surface area contributed by atoms with Crippen molar-refractivity contribution in [1.29, 1.82) is 0 Å². The highest BCUT2D eigenvalue weighted by atomic mass is 16.5. The Labute approximate surface area is 145 Å². The molecule has 3 aromatic rings. The highest BCUT2D eigenvalue weighted by Gasteiger charge is 2.30. The van der Waals surface area contributed by atoms with Crippen molar-refractivity contribution < 1.29 is 4.52 Å². The molecule has 1 aliphatic rings. The summed E-state index contributed by atoms with van der Waals surface area (Å²) in [6.45, 7) is 4.76. The summed E-state index contributed by atoms with van der Waals surface area (Å²) in [7, 11) is 0. The van der Waals surface area contributed by atoms with Gasteiger partial charge in [-0.25, -0.2) is 4.68 Å². The van der Waals surface area contributed by atoms with E-state index >= 15 is 0 Å². The number of tetrazole rings is 1. The lowest BCUT2D eigenvalue weighted by atomic mass is 10.2. The lowest BCUT2D eigenvalue weighted by Gasteiger charge is -2.21. The van der Waals surface area contributed by atoms with Crippen molar-refractivity contribution in [1.82, 2.24) is 35.2 Å². The third kappa shape index (κ3) is 3.43. The van der Waals surface area contributed by atoms with Gasteiger partial charge in [0.2, 0.25) is 11.7 Å². The fraction of sp³-hybridized carbons (Fsp3) is 0.471. The van der Waals surface area contributed by atoms with Gasteiger partial charge in [-0.15, -0.1) is 5.10 Å². The Kier molecular flexibility index (Phi) is 4.51. The van der Waals surface area contributed by atoms with E-state index < -0.39 is 0 Å². The number of rotatable bonds is 6. The molecule has 2 aromatic heterocycles. The van der Waals surface area contributed by atoms with E-state index in [2.05, 4.69) is 30.6 Å². The van der Waals surface area contributed by atoms with Gasteiger partial charge in [-0.2, -0.15) is 4.98 Å². The lowest BCUT2D eigenvalue weighted by molar-refractivity contribution is 0.202. The van der Waals surface area contributed by atoms with Gasteiger partial charge < -0.3 is 4.52 Å². The van der Waals surface area contributed by atoms with E-state index in [0.717, 1.165) is 56.2 Å². The molecule has 0 bridgehead atoms. The van der Waals surface area contributed by atoms with Crippen LogP contribution in [0, 0.1) is 6.92 Å². The summed E-state index contributed by atoms with van der Waals surface area (Å²) >= 11 is 0. The molecule has 1 atom stereocenters. The van der Waals surface area contributed by atoms with Gasteiger partial charge in [0, 0.05) is 18.7 Å². The molecular weight excluding hydrogens is 318 g/mol. The van der Waals surface area contributed by atoms with Gasteiger partial charge in [0.25, 0.3) is 0 Å². The first kappa shape index (κ1) is 15.9. The summed E-state index contributed by atoms with van der Waals surface area (Å²) < 4.78 is 7.40. The third-order valence-corrected chi connectivity index (χ3v) is 4.65.